The molecule has 0 saturated carbocycles. The summed E-state index contributed by atoms with van der Waals surface area (Å²) in [6.45, 7) is 1.38. The monoisotopic (exact) mass is 478 g/mol. The maximum atomic E-state index is 14.1. The Balaban J connectivity index is 3.84. The van der Waals surface area contributed by atoms with Gasteiger partial charge < -0.3 is 0 Å². The molecule has 0 radical (unpaired) electrons. The van der Waals surface area contributed by atoms with Gasteiger partial charge in [-0.3, -0.25) is 0 Å². The van der Waals surface area contributed by atoms with Crippen LogP contribution in [0.25, 0.3) is 0 Å². The first kappa shape index (κ1) is 27.2. The van der Waals surface area contributed by atoms with Gasteiger partial charge in [0.05, 0.1) is 0 Å². The van der Waals surface area contributed by atoms with E-state index in [4.69, 9.17) is 3.97 Å². The summed E-state index contributed by atoms with van der Waals surface area (Å²) in [5.74, 6) is 0. The fourth-order valence-electron chi connectivity index (χ4n) is 3.70. The first-order chi connectivity index (χ1) is 13.8. The van der Waals surface area contributed by atoms with Gasteiger partial charge in [-0.2, -0.15) is 0 Å². The zero-order valence-corrected chi connectivity index (χ0v) is 19.4. The van der Waals surface area contributed by atoms with Gasteiger partial charge in [-0.15, -0.1) is 0 Å². The molecular formula is C20H32F5O3PS. The van der Waals surface area contributed by atoms with Gasteiger partial charge in [0.25, 0.3) is 0 Å². The standard InChI is InChI=1S/C20H32F5O3PS/c1-4-7-15-29(16-8-5-2,17-9-6-3,18-13-11-10-12-14-18)28-30(26,27)20(24,25)19(21,22)23/h10-14H,4-9,15-17H2,1-3H3. The Bertz CT molecular complexity index is 742. The van der Waals surface area contributed by atoms with E-state index >= 15 is 0 Å². The van der Waals surface area contributed by atoms with Crippen molar-refractivity contribution in [2.75, 3.05) is 18.5 Å². The molecular weight excluding hydrogens is 446 g/mol. The van der Waals surface area contributed by atoms with Crippen molar-refractivity contribution < 1.29 is 34.3 Å². The normalized spacial score (nSPS) is 15.0. The third-order valence-electron chi connectivity index (χ3n) is 5.44. The minimum absolute atomic E-state index is 0.152. The molecule has 0 aromatic heterocycles. The fraction of sp³-hybridized carbons (Fsp3) is 0.700. The quantitative estimate of drug-likeness (QED) is 0.235. The van der Waals surface area contributed by atoms with Crippen LogP contribution < -0.4 is 5.30 Å². The fourth-order valence-corrected chi connectivity index (χ4v) is 13.2. The van der Waals surface area contributed by atoms with Crippen LogP contribution in [0, 0.1) is 0 Å². The summed E-state index contributed by atoms with van der Waals surface area (Å²) in [6, 6.07) is 8.18. The average molecular weight is 479 g/mol. The second-order valence-corrected chi connectivity index (χ2v) is 14.9. The Morgan fingerprint density at radius 2 is 1.20 bits per heavy atom. The molecule has 0 N–H and O–H groups in total. The van der Waals surface area contributed by atoms with Gasteiger partial charge in [-0.25, -0.2) is 0 Å². The van der Waals surface area contributed by atoms with E-state index in [0.717, 1.165) is 0 Å². The van der Waals surface area contributed by atoms with Gasteiger partial charge in [0.1, 0.15) is 0 Å². The number of hydrogen-bond acceptors (Lipinski definition) is 3. The van der Waals surface area contributed by atoms with E-state index in [1.807, 2.05) is 20.8 Å². The molecule has 0 aliphatic carbocycles. The Morgan fingerprint density at radius 1 is 0.800 bits per heavy atom. The van der Waals surface area contributed by atoms with Gasteiger partial charge in [-0.05, 0) is 0 Å². The summed E-state index contributed by atoms with van der Waals surface area (Å²) in [4.78, 5) is 0. The molecule has 0 spiro atoms. The van der Waals surface area contributed by atoms with Crippen LogP contribution in [0.1, 0.15) is 59.3 Å². The molecule has 0 aliphatic rings. The third kappa shape index (κ3) is 5.52. The second kappa shape index (κ2) is 10.2. The van der Waals surface area contributed by atoms with Crippen molar-refractivity contribution in [3.63, 3.8) is 0 Å². The zero-order valence-electron chi connectivity index (χ0n) is 17.7. The molecule has 0 bridgehead atoms. The molecule has 0 heterocycles. The van der Waals surface area contributed by atoms with E-state index in [0.29, 0.717) is 43.8 Å². The number of benzene rings is 1. The first-order valence-corrected chi connectivity index (χ1v) is 14.4. The van der Waals surface area contributed by atoms with E-state index in [2.05, 4.69) is 0 Å². The summed E-state index contributed by atoms with van der Waals surface area (Å²) in [6.07, 6.45) is -2.53. The van der Waals surface area contributed by atoms with Crippen LogP contribution in [0.2, 0.25) is 0 Å². The van der Waals surface area contributed by atoms with E-state index < -0.39 is 28.4 Å². The number of hydrogen-bond donors (Lipinski definition) is 0. The molecule has 1 rings (SSSR count). The van der Waals surface area contributed by atoms with E-state index in [9.17, 15) is 30.4 Å². The molecule has 0 atom stereocenters. The maximum absolute atomic E-state index is 14.1. The van der Waals surface area contributed by atoms with Crippen molar-refractivity contribution in [1.29, 1.82) is 0 Å². The van der Waals surface area contributed by atoms with Gasteiger partial charge in [0.15, 0.2) is 0 Å². The first-order valence-electron chi connectivity index (χ1n) is 10.3. The third-order valence-corrected chi connectivity index (χ3v) is 14.3. The van der Waals surface area contributed by atoms with Crippen LogP contribution in [-0.4, -0.2) is 38.3 Å². The van der Waals surface area contributed by atoms with E-state index in [1.54, 1.807) is 30.3 Å². The average Bonchev–Trinajstić information content (AvgIpc) is 2.69. The van der Waals surface area contributed by atoms with Crippen LogP contribution >= 0.6 is 6.83 Å². The van der Waals surface area contributed by atoms with E-state index in [1.165, 1.54) is 0 Å². The van der Waals surface area contributed by atoms with Crippen molar-refractivity contribution >= 4 is 22.3 Å². The number of unbranched alkanes of at least 4 members (excludes halogenated alkanes) is 3. The van der Waals surface area contributed by atoms with Crippen LogP contribution in [0.4, 0.5) is 22.0 Å². The molecule has 0 aliphatic heterocycles. The summed E-state index contributed by atoms with van der Waals surface area (Å²) in [7, 11) is -6.27. The minimum atomic E-state index is -6.27. The Hall–Kier alpha value is -0.790. The Morgan fingerprint density at radius 3 is 1.53 bits per heavy atom. The molecule has 3 nitrogen and oxygen atoms in total. The van der Waals surface area contributed by atoms with Crippen LogP contribution in [0.15, 0.2) is 30.3 Å². The molecule has 176 valence electrons. The van der Waals surface area contributed by atoms with Crippen molar-refractivity contribution in [2.24, 2.45) is 0 Å². The molecule has 0 saturated heterocycles. The van der Waals surface area contributed by atoms with Crippen LogP contribution in [-0.2, 0) is 14.1 Å². The van der Waals surface area contributed by atoms with Gasteiger partial charge in [-0.1, -0.05) is 0 Å². The van der Waals surface area contributed by atoms with E-state index in [-0.39, 0.29) is 18.5 Å². The van der Waals surface area contributed by atoms with Crippen molar-refractivity contribution in [3.05, 3.63) is 30.3 Å². The van der Waals surface area contributed by atoms with Gasteiger partial charge in [0.2, 0.25) is 0 Å². The summed E-state index contributed by atoms with van der Waals surface area (Å²) >= 11 is 0. The van der Waals surface area contributed by atoms with Crippen molar-refractivity contribution in [1.82, 2.24) is 0 Å². The molecule has 1 aromatic rings. The second-order valence-electron chi connectivity index (χ2n) is 7.73. The molecule has 0 fully saturated rings. The van der Waals surface area contributed by atoms with Crippen LogP contribution in [0.5, 0.6) is 0 Å². The molecule has 0 amide bonds. The van der Waals surface area contributed by atoms with Crippen LogP contribution in [0.3, 0.4) is 0 Å². The van der Waals surface area contributed by atoms with Gasteiger partial charge >= 0.3 is 176 Å². The zero-order chi connectivity index (χ0) is 23.1. The molecule has 30 heavy (non-hydrogen) atoms. The van der Waals surface area contributed by atoms with Crippen molar-refractivity contribution in [2.45, 2.75) is 70.7 Å². The van der Waals surface area contributed by atoms with Gasteiger partial charge in [0, 0.05) is 0 Å². The summed E-state index contributed by atoms with van der Waals surface area (Å²) in [5.41, 5.74) is 0. The number of rotatable bonds is 13. The predicted octanol–water partition coefficient (Wildman–Crippen LogP) is 6.68. The Kier molecular flexibility index (Phi) is 9.28. The molecule has 0 unspecified atom stereocenters. The van der Waals surface area contributed by atoms with Crippen molar-refractivity contribution in [3.8, 4) is 0 Å². The topological polar surface area (TPSA) is 43.4 Å². The SMILES string of the molecule is CCCCP(CCCC)(CCCC)(OS(=O)(=O)C(F)(F)C(F)(F)F)c1ccccc1. The number of halogens is 5. The number of alkyl halides is 5. The molecule has 1 aromatic carbocycles. The summed E-state index contributed by atoms with van der Waals surface area (Å²) in [5, 5.41) is -5.54. The Labute approximate surface area is 176 Å². The molecule has 10 heteroatoms. The predicted molar refractivity (Wildman–Crippen MR) is 113 cm³/mol. The summed E-state index contributed by atoms with van der Waals surface area (Å²) < 4.78 is 97.5.